The van der Waals surface area contributed by atoms with E-state index in [1.54, 1.807) is 24.1 Å². The van der Waals surface area contributed by atoms with Crippen LogP contribution in [0.25, 0.3) is 0 Å². The zero-order chi connectivity index (χ0) is 20.1. The molecule has 28 heavy (non-hydrogen) atoms. The molecule has 0 radical (unpaired) electrons. The number of rotatable bonds is 7. The molecular weight excluding hydrogens is 364 g/mol. The maximum atomic E-state index is 13.3. The van der Waals surface area contributed by atoms with Gasteiger partial charge < -0.3 is 10.1 Å². The quantitative estimate of drug-likeness (QED) is 0.666. The first-order valence-corrected chi connectivity index (χ1v) is 8.83. The zero-order valence-electron chi connectivity index (χ0n) is 15.7. The number of carbonyl (C=O) groups excluding carboxylic acids is 1. The Bertz CT molecular complexity index is 955. The zero-order valence-corrected chi connectivity index (χ0v) is 15.7. The van der Waals surface area contributed by atoms with E-state index in [1.165, 1.54) is 6.07 Å². The van der Waals surface area contributed by atoms with Crippen LogP contribution in [-0.4, -0.2) is 22.8 Å². The van der Waals surface area contributed by atoms with Crippen LogP contribution in [0.1, 0.15) is 29.7 Å². The summed E-state index contributed by atoms with van der Waals surface area (Å²) < 4.78 is 33.1. The fraction of sp³-hybridized carbons (Fsp3) is 0.238. The molecule has 1 heterocycles. The van der Waals surface area contributed by atoms with Crippen LogP contribution in [0, 0.1) is 11.6 Å². The smallest absolute Gasteiger partial charge is 0.229 e. The fourth-order valence-electron chi connectivity index (χ4n) is 2.76. The number of ether oxygens (including phenoxy) is 1. The van der Waals surface area contributed by atoms with Crippen LogP contribution in [-0.2, 0) is 22.5 Å². The Hall–Kier alpha value is -3.06. The van der Waals surface area contributed by atoms with Crippen molar-refractivity contribution in [3.63, 3.8) is 0 Å². The summed E-state index contributed by atoms with van der Waals surface area (Å²) in [6.07, 6.45) is 1.89. The summed E-state index contributed by atoms with van der Waals surface area (Å²) in [5.74, 6) is -1.58. The van der Waals surface area contributed by atoms with E-state index < -0.39 is 11.6 Å². The second-order valence-corrected chi connectivity index (χ2v) is 6.49. The number of nitrogens with one attached hydrogen (secondary N) is 1. The van der Waals surface area contributed by atoms with Crippen molar-refractivity contribution >= 4 is 11.7 Å². The van der Waals surface area contributed by atoms with Gasteiger partial charge in [0.2, 0.25) is 5.91 Å². The molecular formula is C21H21F2N3O2. The van der Waals surface area contributed by atoms with Crippen LogP contribution >= 0.6 is 0 Å². The average molecular weight is 385 g/mol. The molecule has 146 valence electrons. The molecule has 0 spiro atoms. The van der Waals surface area contributed by atoms with Crippen molar-refractivity contribution in [1.82, 2.24) is 9.78 Å². The minimum atomic E-state index is -0.899. The van der Waals surface area contributed by atoms with E-state index in [1.807, 2.05) is 31.2 Å². The molecule has 1 amide bonds. The molecule has 7 heteroatoms. The van der Waals surface area contributed by atoms with Gasteiger partial charge in [0.15, 0.2) is 17.5 Å². The van der Waals surface area contributed by atoms with E-state index in [-0.39, 0.29) is 25.0 Å². The second kappa shape index (κ2) is 8.75. The molecule has 2 aromatic carbocycles. The highest BCUT2D eigenvalue weighted by molar-refractivity contribution is 5.91. The third-order valence-corrected chi connectivity index (χ3v) is 4.40. The summed E-state index contributed by atoms with van der Waals surface area (Å²) in [7, 11) is 1.65. The van der Waals surface area contributed by atoms with E-state index in [0.717, 1.165) is 23.3 Å². The van der Waals surface area contributed by atoms with Gasteiger partial charge in [-0.15, -0.1) is 0 Å². The van der Waals surface area contributed by atoms with Crippen molar-refractivity contribution in [2.24, 2.45) is 0 Å². The third kappa shape index (κ3) is 5.01. The highest BCUT2D eigenvalue weighted by Gasteiger charge is 2.09. The number of amides is 1. The van der Waals surface area contributed by atoms with Gasteiger partial charge in [0.05, 0.1) is 19.1 Å². The molecule has 0 fully saturated rings. The highest BCUT2D eigenvalue weighted by atomic mass is 19.2. The lowest BCUT2D eigenvalue weighted by Gasteiger charge is -2.10. The number of halogens is 2. The monoisotopic (exact) mass is 385 g/mol. The van der Waals surface area contributed by atoms with Crippen LogP contribution in [0.3, 0.4) is 0 Å². The number of anilines is 1. The second-order valence-electron chi connectivity index (χ2n) is 6.49. The van der Waals surface area contributed by atoms with E-state index in [0.29, 0.717) is 11.4 Å². The molecule has 0 saturated heterocycles. The Labute approximate surface area is 161 Å². The van der Waals surface area contributed by atoms with E-state index >= 15 is 0 Å². The van der Waals surface area contributed by atoms with Gasteiger partial charge in [-0.25, -0.2) is 8.78 Å². The van der Waals surface area contributed by atoms with Gasteiger partial charge in [-0.1, -0.05) is 30.3 Å². The highest BCUT2D eigenvalue weighted by Crippen LogP contribution is 2.17. The first kappa shape index (κ1) is 19.7. The topological polar surface area (TPSA) is 56.1 Å². The van der Waals surface area contributed by atoms with E-state index in [9.17, 15) is 13.6 Å². The first-order chi connectivity index (χ1) is 13.4. The van der Waals surface area contributed by atoms with Gasteiger partial charge in [-0.3, -0.25) is 9.48 Å². The van der Waals surface area contributed by atoms with Crippen molar-refractivity contribution in [2.75, 3.05) is 12.4 Å². The Kier molecular flexibility index (Phi) is 6.16. The van der Waals surface area contributed by atoms with Crippen LogP contribution in [0.15, 0.2) is 54.7 Å². The van der Waals surface area contributed by atoms with Gasteiger partial charge in [0.1, 0.15) is 0 Å². The van der Waals surface area contributed by atoms with Crippen molar-refractivity contribution in [3.8, 4) is 0 Å². The summed E-state index contributed by atoms with van der Waals surface area (Å²) >= 11 is 0. The number of hydrogen-bond acceptors (Lipinski definition) is 3. The van der Waals surface area contributed by atoms with Crippen LogP contribution in [0.5, 0.6) is 0 Å². The third-order valence-electron chi connectivity index (χ3n) is 4.40. The van der Waals surface area contributed by atoms with Crippen molar-refractivity contribution in [3.05, 3.63) is 83.1 Å². The molecule has 3 aromatic rings. The Morgan fingerprint density at radius 2 is 1.82 bits per heavy atom. The predicted molar refractivity (Wildman–Crippen MR) is 102 cm³/mol. The molecule has 0 unspecified atom stereocenters. The van der Waals surface area contributed by atoms with Crippen molar-refractivity contribution < 1.29 is 18.3 Å². The van der Waals surface area contributed by atoms with Gasteiger partial charge in [-0.05, 0) is 35.7 Å². The fourth-order valence-corrected chi connectivity index (χ4v) is 2.76. The SMILES string of the molecule is CO[C@@H](C)c1ccc(CC(=O)Nc2ccn(Cc3ccc(F)c(F)c3)n2)cc1. The first-order valence-electron chi connectivity index (χ1n) is 8.83. The van der Waals surface area contributed by atoms with Gasteiger partial charge in [0.25, 0.3) is 0 Å². The molecule has 0 bridgehead atoms. The molecule has 0 saturated carbocycles. The standard InChI is InChI=1S/C21H21F2N3O2/c1-14(28-2)17-6-3-15(4-7-17)12-21(27)24-20-9-10-26(25-20)13-16-5-8-18(22)19(23)11-16/h3-11,14H,12-13H2,1-2H3,(H,24,25,27)/t14-/m0/s1. The molecule has 5 nitrogen and oxygen atoms in total. The van der Waals surface area contributed by atoms with Gasteiger partial charge in [-0.2, -0.15) is 5.10 Å². The number of methoxy groups -OCH3 is 1. The molecule has 1 N–H and O–H groups in total. The number of carbonyl (C=O) groups is 1. The van der Waals surface area contributed by atoms with Crippen LogP contribution < -0.4 is 5.32 Å². The Morgan fingerprint density at radius 1 is 1.11 bits per heavy atom. The number of nitrogens with zero attached hydrogens (tertiary/aromatic N) is 2. The van der Waals surface area contributed by atoms with Crippen LogP contribution in [0.4, 0.5) is 14.6 Å². The number of hydrogen-bond donors (Lipinski definition) is 1. The molecule has 3 rings (SSSR count). The normalized spacial score (nSPS) is 12.0. The molecule has 0 aliphatic carbocycles. The van der Waals surface area contributed by atoms with Crippen LogP contribution in [0.2, 0.25) is 0 Å². The Morgan fingerprint density at radius 3 is 2.50 bits per heavy atom. The summed E-state index contributed by atoms with van der Waals surface area (Å²) in [5, 5.41) is 6.98. The van der Waals surface area contributed by atoms with Crippen molar-refractivity contribution in [2.45, 2.75) is 26.0 Å². The molecule has 0 aliphatic heterocycles. The summed E-state index contributed by atoms with van der Waals surface area (Å²) in [6.45, 7) is 2.23. The maximum Gasteiger partial charge on any atom is 0.229 e. The van der Waals surface area contributed by atoms with E-state index in [2.05, 4.69) is 10.4 Å². The lowest BCUT2D eigenvalue weighted by molar-refractivity contribution is -0.115. The lowest BCUT2D eigenvalue weighted by atomic mass is 10.1. The molecule has 1 aromatic heterocycles. The predicted octanol–water partition coefficient (Wildman–Crippen LogP) is 4.10. The summed E-state index contributed by atoms with van der Waals surface area (Å²) in [6, 6.07) is 13.0. The minimum absolute atomic E-state index is 0.00132. The summed E-state index contributed by atoms with van der Waals surface area (Å²) in [5.41, 5.74) is 2.50. The largest absolute Gasteiger partial charge is 0.377 e. The lowest BCUT2D eigenvalue weighted by Crippen LogP contribution is -2.15. The van der Waals surface area contributed by atoms with Gasteiger partial charge in [0, 0.05) is 19.4 Å². The number of aromatic nitrogens is 2. The number of benzene rings is 2. The average Bonchev–Trinajstić information content (AvgIpc) is 3.11. The van der Waals surface area contributed by atoms with E-state index in [4.69, 9.17) is 4.74 Å². The Balaban J connectivity index is 1.57. The maximum absolute atomic E-state index is 13.3. The summed E-state index contributed by atoms with van der Waals surface area (Å²) in [4.78, 5) is 12.2. The minimum Gasteiger partial charge on any atom is -0.377 e. The molecule has 0 aliphatic rings. The van der Waals surface area contributed by atoms with Crippen molar-refractivity contribution in [1.29, 1.82) is 0 Å². The molecule has 1 atom stereocenters. The van der Waals surface area contributed by atoms with Gasteiger partial charge >= 0.3 is 0 Å².